The minimum absolute atomic E-state index is 0.0747. The Bertz CT molecular complexity index is 224. The normalized spacial score (nSPS) is 12.0. The standard InChI is InChI=1S/C6H2Cl2N2/c7-5(1-3-9)6(8)2-4-10/h1-2H/b5-1-,6-2-. The highest BCUT2D eigenvalue weighted by Crippen LogP contribution is 2.17. The number of hydrogen-bond acceptors (Lipinski definition) is 2. The van der Waals surface area contributed by atoms with E-state index in [4.69, 9.17) is 33.7 Å². The number of nitriles is 2. The van der Waals surface area contributed by atoms with Crippen LogP contribution in [0.15, 0.2) is 22.2 Å². The smallest absolute Gasteiger partial charge is 0.0928 e. The van der Waals surface area contributed by atoms with Gasteiger partial charge in [0.25, 0.3) is 0 Å². The first-order valence-corrected chi connectivity index (χ1v) is 2.99. The Morgan fingerprint density at radius 2 is 1.30 bits per heavy atom. The average Bonchev–Trinajstić information content (AvgIpc) is 1.89. The van der Waals surface area contributed by atoms with Crippen LogP contribution in [0.4, 0.5) is 0 Å². The van der Waals surface area contributed by atoms with Gasteiger partial charge in [0.15, 0.2) is 0 Å². The van der Waals surface area contributed by atoms with Crippen LogP contribution in [0.1, 0.15) is 0 Å². The van der Waals surface area contributed by atoms with Crippen molar-refractivity contribution < 1.29 is 0 Å². The molecule has 10 heavy (non-hydrogen) atoms. The second-order valence-corrected chi connectivity index (χ2v) is 2.06. The Kier molecular flexibility index (Phi) is 4.41. The molecule has 0 saturated heterocycles. The van der Waals surface area contributed by atoms with Gasteiger partial charge in [0.05, 0.1) is 22.2 Å². The number of halogens is 2. The molecule has 0 radical (unpaired) electrons. The van der Waals surface area contributed by atoms with Crippen molar-refractivity contribution in [1.29, 1.82) is 10.5 Å². The summed E-state index contributed by atoms with van der Waals surface area (Å²) in [6.45, 7) is 0. The van der Waals surface area contributed by atoms with Gasteiger partial charge in [-0.25, -0.2) is 0 Å². The fraction of sp³-hybridized carbons (Fsp3) is 0. The molecule has 0 atom stereocenters. The van der Waals surface area contributed by atoms with E-state index in [-0.39, 0.29) is 10.1 Å². The minimum Gasteiger partial charge on any atom is -0.193 e. The number of nitrogens with zero attached hydrogens (tertiary/aromatic N) is 2. The van der Waals surface area contributed by atoms with Crippen molar-refractivity contribution in [2.75, 3.05) is 0 Å². The molecule has 50 valence electrons. The minimum atomic E-state index is 0.0747. The lowest BCUT2D eigenvalue weighted by Gasteiger charge is -1.86. The molecule has 0 aliphatic heterocycles. The van der Waals surface area contributed by atoms with E-state index in [1.807, 2.05) is 0 Å². The van der Waals surface area contributed by atoms with Crippen molar-refractivity contribution in [1.82, 2.24) is 0 Å². The first kappa shape index (κ1) is 9.04. The van der Waals surface area contributed by atoms with Gasteiger partial charge in [0.2, 0.25) is 0 Å². The molecule has 0 aromatic heterocycles. The van der Waals surface area contributed by atoms with Crippen LogP contribution in [0.2, 0.25) is 0 Å². The molecule has 4 heteroatoms. The fourth-order valence-electron chi connectivity index (χ4n) is 0.251. The van der Waals surface area contributed by atoms with Gasteiger partial charge in [-0.2, -0.15) is 10.5 Å². The van der Waals surface area contributed by atoms with Gasteiger partial charge >= 0.3 is 0 Å². The van der Waals surface area contributed by atoms with E-state index >= 15 is 0 Å². The highest BCUT2D eigenvalue weighted by Gasteiger charge is 1.95. The first-order valence-electron chi connectivity index (χ1n) is 2.23. The molecule has 2 nitrogen and oxygen atoms in total. The van der Waals surface area contributed by atoms with Crippen LogP contribution in [0, 0.1) is 22.7 Å². The SMILES string of the molecule is N#C/C=C(Cl)/C(Cl)=C/C#N. The van der Waals surface area contributed by atoms with Crippen molar-refractivity contribution in [2.24, 2.45) is 0 Å². The highest BCUT2D eigenvalue weighted by molar-refractivity contribution is 6.44. The molecule has 0 aliphatic rings. The average molecular weight is 173 g/mol. The van der Waals surface area contributed by atoms with E-state index in [1.54, 1.807) is 12.1 Å². The molecular weight excluding hydrogens is 171 g/mol. The van der Waals surface area contributed by atoms with E-state index in [9.17, 15) is 0 Å². The van der Waals surface area contributed by atoms with E-state index in [2.05, 4.69) is 0 Å². The summed E-state index contributed by atoms with van der Waals surface area (Å²) in [6, 6.07) is 3.36. The molecule has 0 amide bonds. The third-order valence-electron chi connectivity index (χ3n) is 0.611. The Hall–Kier alpha value is -0.960. The maximum atomic E-state index is 8.07. The lowest BCUT2D eigenvalue weighted by atomic mass is 10.4. The summed E-state index contributed by atoms with van der Waals surface area (Å²) in [7, 11) is 0. The predicted octanol–water partition coefficient (Wildman–Crippen LogP) is 2.28. The molecule has 0 rings (SSSR count). The van der Waals surface area contributed by atoms with Gasteiger partial charge in [-0.3, -0.25) is 0 Å². The largest absolute Gasteiger partial charge is 0.193 e. The number of allylic oxidation sites excluding steroid dienone is 4. The van der Waals surface area contributed by atoms with Gasteiger partial charge in [0.1, 0.15) is 0 Å². The van der Waals surface area contributed by atoms with Crippen molar-refractivity contribution in [2.45, 2.75) is 0 Å². The lowest BCUT2D eigenvalue weighted by molar-refractivity contribution is 1.52. The summed E-state index contributed by atoms with van der Waals surface area (Å²) in [5, 5.41) is 16.3. The third-order valence-corrected chi connectivity index (χ3v) is 1.33. The van der Waals surface area contributed by atoms with Crippen molar-refractivity contribution in [3.8, 4) is 12.1 Å². The maximum absolute atomic E-state index is 8.07. The summed E-state index contributed by atoms with van der Waals surface area (Å²) >= 11 is 10.8. The molecule has 0 saturated carbocycles. The molecule has 0 fully saturated rings. The van der Waals surface area contributed by atoms with Crippen LogP contribution in [0.3, 0.4) is 0 Å². The zero-order valence-electron chi connectivity index (χ0n) is 4.81. The van der Waals surface area contributed by atoms with Gasteiger partial charge in [-0.05, 0) is 0 Å². The van der Waals surface area contributed by atoms with Crippen LogP contribution in [0.5, 0.6) is 0 Å². The van der Waals surface area contributed by atoms with Gasteiger partial charge in [-0.15, -0.1) is 0 Å². The number of hydrogen-bond donors (Lipinski definition) is 0. The summed E-state index contributed by atoms with van der Waals surface area (Å²) < 4.78 is 0. The van der Waals surface area contributed by atoms with Crippen LogP contribution in [-0.4, -0.2) is 0 Å². The topological polar surface area (TPSA) is 47.6 Å². The third kappa shape index (κ3) is 3.14. The molecule has 0 spiro atoms. The van der Waals surface area contributed by atoms with Crippen LogP contribution in [0.25, 0.3) is 0 Å². The highest BCUT2D eigenvalue weighted by atomic mass is 35.5. The van der Waals surface area contributed by atoms with Crippen LogP contribution >= 0.6 is 23.2 Å². The number of rotatable bonds is 1. The van der Waals surface area contributed by atoms with Crippen LogP contribution in [-0.2, 0) is 0 Å². The predicted molar refractivity (Wildman–Crippen MR) is 39.1 cm³/mol. The van der Waals surface area contributed by atoms with Crippen molar-refractivity contribution >= 4 is 23.2 Å². The molecule has 0 unspecified atom stereocenters. The molecule has 0 aliphatic carbocycles. The molecular formula is C6H2Cl2N2. The summed E-state index contributed by atoms with van der Waals surface area (Å²) in [6.07, 6.45) is 2.11. The molecule has 0 aromatic carbocycles. The van der Waals surface area contributed by atoms with Gasteiger partial charge in [0, 0.05) is 12.2 Å². The Balaban J connectivity index is 4.43. The molecule has 0 aromatic rings. The van der Waals surface area contributed by atoms with Crippen LogP contribution < -0.4 is 0 Å². The Morgan fingerprint density at radius 1 is 1.00 bits per heavy atom. The second kappa shape index (κ2) is 4.88. The van der Waals surface area contributed by atoms with Gasteiger partial charge in [-0.1, -0.05) is 23.2 Å². The fourth-order valence-corrected chi connectivity index (χ4v) is 0.458. The van der Waals surface area contributed by atoms with Crippen molar-refractivity contribution in [3.05, 3.63) is 22.2 Å². The van der Waals surface area contributed by atoms with E-state index in [0.29, 0.717) is 0 Å². The lowest BCUT2D eigenvalue weighted by Crippen LogP contribution is -1.69. The first-order chi connectivity index (χ1) is 4.72. The monoisotopic (exact) mass is 172 g/mol. The zero-order chi connectivity index (χ0) is 7.98. The van der Waals surface area contributed by atoms with E-state index in [1.165, 1.54) is 0 Å². The quantitative estimate of drug-likeness (QED) is 0.451. The summed E-state index contributed by atoms with van der Waals surface area (Å²) in [5.41, 5.74) is 0. The molecule has 0 heterocycles. The summed E-state index contributed by atoms with van der Waals surface area (Å²) in [4.78, 5) is 0. The summed E-state index contributed by atoms with van der Waals surface area (Å²) in [5.74, 6) is 0. The maximum Gasteiger partial charge on any atom is 0.0928 e. The Morgan fingerprint density at radius 3 is 1.50 bits per heavy atom. The Labute approximate surface area is 68.6 Å². The second-order valence-electron chi connectivity index (χ2n) is 1.24. The molecule has 0 N–H and O–H groups in total. The van der Waals surface area contributed by atoms with E-state index < -0.39 is 0 Å². The van der Waals surface area contributed by atoms with Crippen molar-refractivity contribution in [3.63, 3.8) is 0 Å². The zero-order valence-corrected chi connectivity index (χ0v) is 6.32. The van der Waals surface area contributed by atoms with Gasteiger partial charge < -0.3 is 0 Å². The van der Waals surface area contributed by atoms with E-state index in [0.717, 1.165) is 12.2 Å². The molecule has 0 bridgehead atoms.